The van der Waals surface area contributed by atoms with Crippen molar-refractivity contribution in [3.05, 3.63) is 35.4 Å². The Morgan fingerprint density at radius 3 is 2.82 bits per heavy atom. The standard InChI is InChI=1S/C16H23N/c1-12-5-4-7-14(12)10-17-11-15-9-13-6-2-3-8-16(13)15/h2-3,6,8,12,14-15,17H,4-5,7,9-11H2,1H3. The fourth-order valence-electron chi connectivity index (χ4n) is 3.51. The number of fused-ring (bicyclic) bond motifs is 1. The van der Waals surface area contributed by atoms with E-state index in [1.165, 1.54) is 38.8 Å². The third-order valence-corrected chi connectivity index (χ3v) is 4.80. The SMILES string of the molecule is CC1CCCC1CNCC1Cc2ccccc21. The monoisotopic (exact) mass is 229 g/mol. The quantitative estimate of drug-likeness (QED) is 0.835. The van der Waals surface area contributed by atoms with Gasteiger partial charge in [-0.05, 0) is 42.3 Å². The summed E-state index contributed by atoms with van der Waals surface area (Å²) in [6.45, 7) is 4.83. The fourth-order valence-corrected chi connectivity index (χ4v) is 3.51. The molecule has 1 fully saturated rings. The Morgan fingerprint density at radius 1 is 1.18 bits per heavy atom. The summed E-state index contributed by atoms with van der Waals surface area (Å²) in [5.41, 5.74) is 3.15. The van der Waals surface area contributed by atoms with Crippen molar-refractivity contribution in [1.82, 2.24) is 5.32 Å². The lowest BCUT2D eigenvalue weighted by atomic mass is 9.77. The predicted molar refractivity (Wildman–Crippen MR) is 72.3 cm³/mol. The molecule has 2 aliphatic carbocycles. The maximum Gasteiger partial charge on any atom is 0.00235 e. The molecule has 3 atom stereocenters. The Kier molecular flexibility index (Phi) is 3.19. The Morgan fingerprint density at radius 2 is 2.06 bits per heavy atom. The second-order valence-corrected chi connectivity index (χ2v) is 5.93. The molecular formula is C16H23N. The number of benzene rings is 1. The Bertz CT molecular complexity index is 385. The van der Waals surface area contributed by atoms with E-state index >= 15 is 0 Å². The molecule has 1 saturated carbocycles. The van der Waals surface area contributed by atoms with Crippen LogP contribution in [0.3, 0.4) is 0 Å². The molecule has 2 aliphatic rings. The molecule has 92 valence electrons. The van der Waals surface area contributed by atoms with E-state index in [1.54, 1.807) is 11.1 Å². The average Bonchev–Trinajstić information content (AvgIpc) is 2.71. The zero-order valence-corrected chi connectivity index (χ0v) is 10.8. The van der Waals surface area contributed by atoms with Gasteiger partial charge in [-0.1, -0.05) is 44.0 Å². The fraction of sp³-hybridized carbons (Fsp3) is 0.625. The van der Waals surface area contributed by atoms with Crippen molar-refractivity contribution in [2.45, 2.75) is 38.5 Å². The van der Waals surface area contributed by atoms with Crippen LogP contribution in [-0.2, 0) is 6.42 Å². The van der Waals surface area contributed by atoms with Crippen LogP contribution in [0.15, 0.2) is 24.3 Å². The van der Waals surface area contributed by atoms with Crippen molar-refractivity contribution in [3.63, 3.8) is 0 Å². The van der Waals surface area contributed by atoms with Gasteiger partial charge in [0, 0.05) is 12.5 Å². The van der Waals surface area contributed by atoms with E-state index in [9.17, 15) is 0 Å². The van der Waals surface area contributed by atoms with Crippen molar-refractivity contribution < 1.29 is 0 Å². The van der Waals surface area contributed by atoms with Crippen molar-refractivity contribution in [2.75, 3.05) is 13.1 Å². The molecule has 0 radical (unpaired) electrons. The molecule has 1 aromatic carbocycles. The van der Waals surface area contributed by atoms with E-state index in [0.29, 0.717) is 0 Å². The van der Waals surface area contributed by atoms with Crippen molar-refractivity contribution in [1.29, 1.82) is 0 Å². The molecular weight excluding hydrogens is 206 g/mol. The van der Waals surface area contributed by atoms with Gasteiger partial charge >= 0.3 is 0 Å². The van der Waals surface area contributed by atoms with Crippen LogP contribution in [0.2, 0.25) is 0 Å². The van der Waals surface area contributed by atoms with Gasteiger partial charge in [-0.2, -0.15) is 0 Å². The van der Waals surface area contributed by atoms with Gasteiger partial charge in [-0.3, -0.25) is 0 Å². The molecule has 3 unspecified atom stereocenters. The van der Waals surface area contributed by atoms with Gasteiger partial charge in [0.15, 0.2) is 0 Å². The molecule has 0 amide bonds. The zero-order chi connectivity index (χ0) is 11.7. The molecule has 0 aromatic heterocycles. The first-order chi connectivity index (χ1) is 8.34. The zero-order valence-electron chi connectivity index (χ0n) is 10.8. The number of hydrogen-bond donors (Lipinski definition) is 1. The highest BCUT2D eigenvalue weighted by Gasteiger charge is 2.26. The van der Waals surface area contributed by atoms with E-state index in [-0.39, 0.29) is 0 Å². The van der Waals surface area contributed by atoms with E-state index in [1.807, 2.05) is 0 Å². The van der Waals surface area contributed by atoms with Crippen LogP contribution >= 0.6 is 0 Å². The molecule has 0 spiro atoms. The van der Waals surface area contributed by atoms with Crippen LogP contribution in [0.1, 0.15) is 43.2 Å². The first kappa shape index (κ1) is 11.3. The summed E-state index contributed by atoms with van der Waals surface area (Å²) in [5, 5.41) is 3.70. The minimum Gasteiger partial charge on any atom is -0.316 e. The first-order valence-electron chi connectivity index (χ1n) is 7.13. The molecule has 1 aromatic rings. The molecule has 0 bridgehead atoms. The van der Waals surface area contributed by atoms with Crippen molar-refractivity contribution in [3.8, 4) is 0 Å². The summed E-state index contributed by atoms with van der Waals surface area (Å²) in [6, 6.07) is 8.89. The maximum absolute atomic E-state index is 3.70. The van der Waals surface area contributed by atoms with Crippen molar-refractivity contribution in [2.24, 2.45) is 11.8 Å². The third kappa shape index (κ3) is 2.26. The second kappa shape index (κ2) is 4.81. The summed E-state index contributed by atoms with van der Waals surface area (Å²) in [5.74, 6) is 2.66. The summed E-state index contributed by atoms with van der Waals surface area (Å²) in [7, 11) is 0. The molecule has 17 heavy (non-hydrogen) atoms. The Balaban J connectivity index is 1.45. The van der Waals surface area contributed by atoms with E-state index in [4.69, 9.17) is 0 Å². The molecule has 0 aliphatic heterocycles. The summed E-state index contributed by atoms with van der Waals surface area (Å²) in [4.78, 5) is 0. The van der Waals surface area contributed by atoms with E-state index in [2.05, 4.69) is 36.5 Å². The van der Waals surface area contributed by atoms with Gasteiger partial charge in [0.25, 0.3) is 0 Å². The Hall–Kier alpha value is -0.820. The number of hydrogen-bond acceptors (Lipinski definition) is 1. The normalized spacial score (nSPS) is 31.0. The van der Waals surface area contributed by atoms with Crippen molar-refractivity contribution >= 4 is 0 Å². The molecule has 1 heteroatoms. The van der Waals surface area contributed by atoms with E-state index in [0.717, 1.165) is 17.8 Å². The highest BCUT2D eigenvalue weighted by atomic mass is 14.9. The molecule has 3 rings (SSSR count). The van der Waals surface area contributed by atoms with Crippen LogP contribution in [0, 0.1) is 11.8 Å². The maximum atomic E-state index is 3.70. The summed E-state index contributed by atoms with van der Waals surface area (Å²) in [6.07, 6.45) is 5.61. The highest BCUT2D eigenvalue weighted by Crippen LogP contribution is 2.34. The van der Waals surface area contributed by atoms with Crippen LogP contribution < -0.4 is 5.32 Å². The highest BCUT2D eigenvalue weighted by molar-refractivity contribution is 5.40. The van der Waals surface area contributed by atoms with Crippen LogP contribution in [-0.4, -0.2) is 13.1 Å². The average molecular weight is 229 g/mol. The smallest absolute Gasteiger partial charge is 0.00235 e. The largest absolute Gasteiger partial charge is 0.316 e. The summed E-state index contributed by atoms with van der Waals surface area (Å²) >= 11 is 0. The van der Waals surface area contributed by atoms with Gasteiger partial charge in [0.1, 0.15) is 0 Å². The molecule has 1 N–H and O–H groups in total. The van der Waals surface area contributed by atoms with Crippen LogP contribution in [0.25, 0.3) is 0 Å². The molecule has 1 nitrogen and oxygen atoms in total. The molecule has 0 heterocycles. The lowest BCUT2D eigenvalue weighted by Crippen LogP contribution is -2.32. The van der Waals surface area contributed by atoms with Gasteiger partial charge in [-0.15, -0.1) is 0 Å². The lowest BCUT2D eigenvalue weighted by molar-refractivity contribution is 0.382. The second-order valence-electron chi connectivity index (χ2n) is 5.93. The number of rotatable bonds is 4. The minimum absolute atomic E-state index is 0.780. The Labute approximate surface area is 105 Å². The predicted octanol–water partition coefficient (Wildman–Crippen LogP) is 3.35. The summed E-state index contributed by atoms with van der Waals surface area (Å²) < 4.78 is 0. The van der Waals surface area contributed by atoms with Crippen LogP contribution in [0.5, 0.6) is 0 Å². The first-order valence-corrected chi connectivity index (χ1v) is 7.13. The third-order valence-electron chi connectivity index (χ3n) is 4.80. The van der Waals surface area contributed by atoms with Gasteiger partial charge < -0.3 is 5.32 Å². The van der Waals surface area contributed by atoms with Gasteiger partial charge in [0.2, 0.25) is 0 Å². The lowest BCUT2D eigenvalue weighted by Gasteiger charge is -2.31. The van der Waals surface area contributed by atoms with Crippen LogP contribution in [0.4, 0.5) is 0 Å². The number of nitrogens with one attached hydrogen (secondary N) is 1. The topological polar surface area (TPSA) is 12.0 Å². The van der Waals surface area contributed by atoms with E-state index < -0.39 is 0 Å². The molecule has 0 saturated heterocycles. The van der Waals surface area contributed by atoms with Gasteiger partial charge in [-0.25, -0.2) is 0 Å². The van der Waals surface area contributed by atoms with Gasteiger partial charge in [0.05, 0.1) is 0 Å². The minimum atomic E-state index is 0.780.